The summed E-state index contributed by atoms with van der Waals surface area (Å²) in [4.78, 5) is 26.7. The number of thioether (sulfide) groups is 1. The van der Waals surface area contributed by atoms with Crippen LogP contribution < -0.4 is 11.1 Å². The van der Waals surface area contributed by atoms with Crippen LogP contribution in [0.5, 0.6) is 0 Å². The SMILES string of the molecule is CSCC1CNCC1N.O=C(O)C(F)(F)F.O=C(O)C(F)(F)F.O=C(O)C(F)(F)F. The second-order valence-electron chi connectivity index (χ2n) is 4.95. The van der Waals surface area contributed by atoms with Gasteiger partial charge in [0.05, 0.1) is 0 Å². The Morgan fingerprint density at radius 2 is 1.10 bits per heavy atom. The lowest BCUT2D eigenvalue weighted by Crippen LogP contribution is -2.30. The van der Waals surface area contributed by atoms with Crippen LogP contribution in [0.25, 0.3) is 0 Å². The number of hydrogen-bond donors (Lipinski definition) is 5. The van der Waals surface area contributed by atoms with E-state index in [2.05, 4.69) is 11.6 Å². The Morgan fingerprint density at radius 3 is 1.23 bits per heavy atom. The fourth-order valence-electron chi connectivity index (χ4n) is 1.15. The quantitative estimate of drug-likeness (QED) is 0.367. The summed E-state index contributed by atoms with van der Waals surface area (Å²) in [5, 5.41) is 24.6. The van der Waals surface area contributed by atoms with Crippen molar-refractivity contribution < 1.29 is 69.2 Å². The van der Waals surface area contributed by atoms with E-state index in [0.29, 0.717) is 12.0 Å². The van der Waals surface area contributed by atoms with E-state index in [1.54, 1.807) is 0 Å². The minimum absolute atomic E-state index is 0.400. The van der Waals surface area contributed by atoms with Crippen molar-refractivity contribution in [1.29, 1.82) is 0 Å². The first-order valence-corrected chi connectivity index (χ1v) is 8.42. The Hall–Kier alpha value is -1.95. The van der Waals surface area contributed by atoms with E-state index in [1.165, 1.54) is 5.75 Å². The van der Waals surface area contributed by atoms with Crippen LogP contribution in [0.1, 0.15) is 0 Å². The Labute approximate surface area is 166 Å². The highest BCUT2D eigenvalue weighted by molar-refractivity contribution is 7.98. The highest BCUT2D eigenvalue weighted by atomic mass is 32.2. The molecule has 8 nitrogen and oxygen atoms in total. The van der Waals surface area contributed by atoms with Crippen molar-refractivity contribution in [3.8, 4) is 0 Å². The van der Waals surface area contributed by atoms with Crippen LogP contribution in [-0.4, -0.2) is 82.9 Å². The van der Waals surface area contributed by atoms with Gasteiger partial charge in [0.2, 0.25) is 0 Å². The lowest BCUT2D eigenvalue weighted by Gasteiger charge is -2.10. The van der Waals surface area contributed by atoms with Crippen LogP contribution >= 0.6 is 11.8 Å². The number of nitrogens with one attached hydrogen (secondary N) is 1. The van der Waals surface area contributed by atoms with Crippen LogP contribution in [0, 0.1) is 5.92 Å². The molecule has 1 saturated heterocycles. The third-order valence-electron chi connectivity index (χ3n) is 2.50. The Balaban J connectivity index is -0.000000327. The van der Waals surface area contributed by atoms with Gasteiger partial charge in [-0.05, 0) is 17.9 Å². The van der Waals surface area contributed by atoms with Crippen molar-refractivity contribution in [3.63, 3.8) is 0 Å². The summed E-state index contributed by atoms with van der Waals surface area (Å²) in [7, 11) is 0. The monoisotopic (exact) mass is 488 g/mol. The van der Waals surface area contributed by atoms with Crippen molar-refractivity contribution in [1.82, 2.24) is 5.32 Å². The maximum Gasteiger partial charge on any atom is 0.490 e. The van der Waals surface area contributed by atoms with E-state index in [-0.39, 0.29) is 0 Å². The van der Waals surface area contributed by atoms with E-state index in [9.17, 15) is 39.5 Å². The number of carbonyl (C=O) groups is 3. The molecule has 1 fully saturated rings. The van der Waals surface area contributed by atoms with Gasteiger partial charge in [0.25, 0.3) is 0 Å². The molecule has 2 atom stereocenters. The number of carboxylic acid groups (broad SMARTS) is 3. The second kappa shape index (κ2) is 14.1. The molecule has 6 N–H and O–H groups in total. The zero-order valence-electron chi connectivity index (χ0n) is 14.7. The molecular weight excluding hydrogens is 471 g/mol. The van der Waals surface area contributed by atoms with E-state index < -0.39 is 36.4 Å². The molecule has 1 aliphatic heterocycles. The fraction of sp³-hybridized carbons (Fsp3) is 0.750. The smallest absolute Gasteiger partial charge is 0.475 e. The Morgan fingerprint density at radius 1 is 0.833 bits per heavy atom. The molecule has 0 aromatic heterocycles. The Bertz CT molecular complexity index is 483. The van der Waals surface area contributed by atoms with Crippen LogP contribution in [0.15, 0.2) is 0 Å². The van der Waals surface area contributed by atoms with E-state index in [1.807, 2.05) is 11.8 Å². The van der Waals surface area contributed by atoms with Gasteiger partial charge in [-0.25, -0.2) is 14.4 Å². The molecule has 30 heavy (non-hydrogen) atoms. The minimum Gasteiger partial charge on any atom is -0.475 e. The maximum atomic E-state index is 10.6. The molecule has 18 heteroatoms. The first-order chi connectivity index (χ1) is 13.2. The summed E-state index contributed by atoms with van der Waals surface area (Å²) in [6.45, 7) is 2.12. The van der Waals surface area contributed by atoms with Crippen molar-refractivity contribution >= 4 is 29.7 Å². The first kappa shape index (κ1) is 32.7. The summed E-state index contributed by atoms with van der Waals surface area (Å²) in [6.07, 6.45) is -13.1. The van der Waals surface area contributed by atoms with Gasteiger partial charge >= 0.3 is 36.4 Å². The third kappa shape index (κ3) is 19.4. The van der Waals surface area contributed by atoms with Crippen molar-refractivity contribution in [2.75, 3.05) is 25.1 Å². The molecule has 0 radical (unpaired) electrons. The molecule has 0 amide bonds. The molecule has 1 rings (SSSR count). The van der Waals surface area contributed by atoms with Crippen molar-refractivity contribution in [2.24, 2.45) is 11.7 Å². The normalized spacial score (nSPS) is 18.5. The molecule has 180 valence electrons. The van der Waals surface area contributed by atoms with Gasteiger partial charge in [-0.3, -0.25) is 0 Å². The van der Waals surface area contributed by atoms with Gasteiger partial charge in [0.15, 0.2) is 0 Å². The van der Waals surface area contributed by atoms with Crippen molar-refractivity contribution in [2.45, 2.75) is 24.6 Å². The molecule has 0 spiro atoms. The predicted octanol–water partition coefficient (Wildman–Crippen LogP) is 1.80. The molecule has 1 aliphatic rings. The molecule has 2 unspecified atom stereocenters. The molecule has 0 aliphatic carbocycles. The number of aliphatic carboxylic acids is 3. The first-order valence-electron chi connectivity index (χ1n) is 7.03. The summed E-state index contributed by atoms with van der Waals surface area (Å²) in [6, 6.07) is 0.400. The summed E-state index contributed by atoms with van der Waals surface area (Å²) in [5.74, 6) is -6.36. The zero-order chi connectivity index (χ0) is 24.9. The third-order valence-corrected chi connectivity index (χ3v) is 3.26. The van der Waals surface area contributed by atoms with Gasteiger partial charge in [0, 0.05) is 19.1 Å². The minimum atomic E-state index is -5.08. The average Bonchev–Trinajstić information content (AvgIpc) is 2.92. The number of rotatable bonds is 2. The fourth-order valence-corrected chi connectivity index (χ4v) is 1.94. The standard InChI is InChI=1S/C6H14N2S.3C2HF3O2/c1-9-4-5-2-8-3-6(5)7;3*3-2(4,5)1(6)7/h5-6,8H,2-4,7H2,1H3;3*(H,6,7). The Kier molecular flexibility index (Phi) is 15.4. The number of halogens is 9. The number of nitrogens with two attached hydrogens (primary N) is 1. The van der Waals surface area contributed by atoms with Gasteiger partial charge in [-0.15, -0.1) is 0 Å². The number of carboxylic acids is 3. The van der Waals surface area contributed by atoms with Crippen LogP contribution in [0.3, 0.4) is 0 Å². The summed E-state index contributed by atoms with van der Waals surface area (Å²) >= 11 is 1.88. The zero-order valence-corrected chi connectivity index (χ0v) is 15.5. The summed E-state index contributed by atoms with van der Waals surface area (Å²) in [5.41, 5.74) is 5.79. The molecular formula is C12H17F9N2O6S. The second-order valence-corrected chi connectivity index (χ2v) is 5.86. The molecule has 0 bridgehead atoms. The van der Waals surface area contributed by atoms with Crippen molar-refractivity contribution in [3.05, 3.63) is 0 Å². The van der Waals surface area contributed by atoms with E-state index >= 15 is 0 Å². The van der Waals surface area contributed by atoms with E-state index in [0.717, 1.165) is 13.1 Å². The average molecular weight is 488 g/mol. The van der Waals surface area contributed by atoms with Crippen LogP contribution in [0.2, 0.25) is 0 Å². The van der Waals surface area contributed by atoms with Crippen LogP contribution in [-0.2, 0) is 14.4 Å². The molecule has 0 aromatic carbocycles. The highest BCUT2D eigenvalue weighted by Gasteiger charge is 2.39. The van der Waals surface area contributed by atoms with Crippen LogP contribution in [0.4, 0.5) is 39.5 Å². The van der Waals surface area contributed by atoms with Gasteiger partial charge in [0.1, 0.15) is 0 Å². The van der Waals surface area contributed by atoms with Gasteiger partial charge in [-0.2, -0.15) is 51.3 Å². The van der Waals surface area contributed by atoms with Gasteiger partial charge in [-0.1, -0.05) is 0 Å². The topological polar surface area (TPSA) is 150 Å². The number of hydrogen-bond acceptors (Lipinski definition) is 6. The maximum absolute atomic E-state index is 10.6. The van der Waals surface area contributed by atoms with Gasteiger partial charge < -0.3 is 26.4 Å². The number of alkyl halides is 9. The molecule has 1 heterocycles. The summed E-state index contributed by atoms with van der Waals surface area (Å²) < 4.78 is 95.2. The lowest BCUT2D eigenvalue weighted by atomic mass is 10.1. The largest absolute Gasteiger partial charge is 0.490 e. The highest BCUT2D eigenvalue weighted by Crippen LogP contribution is 2.14. The predicted molar refractivity (Wildman–Crippen MR) is 83.8 cm³/mol. The molecule has 0 saturated carbocycles. The lowest BCUT2D eigenvalue weighted by molar-refractivity contribution is -0.193. The molecule has 0 aromatic rings. The van der Waals surface area contributed by atoms with E-state index in [4.69, 9.17) is 35.4 Å².